The fourth-order valence-corrected chi connectivity index (χ4v) is 2.97. The lowest BCUT2D eigenvalue weighted by Crippen LogP contribution is -2.38. The standard InChI is InChI=1S/C19H26N4O5/c1-28-17(25)10-13-9-15(23-19(13)27)11-21-18(26)12-4-2-5-14(8-12)22-16(24)6-3-7-20/h2,4-5,8,13,15H,3,6-7,9-11,20H2,1H3,(H,21,26)(H,22,24)(H,23,27)/t13-,15-/m0/s1. The molecular formula is C19H26N4O5. The summed E-state index contributed by atoms with van der Waals surface area (Å²) in [4.78, 5) is 47.4. The summed E-state index contributed by atoms with van der Waals surface area (Å²) in [5.74, 6) is -1.57. The van der Waals surface area contributed by atoms with Crippen molar-refractivity contribution in [3.8, 4) is 0 Å². The number of hydrogen-bond acceptors (Lipinski definition) is 6. The summed E-state index contributed by atoms with van der Waals surface area (Å²) < 4.78 is 4.59. The highest BCUT2D eigenvalue weighted by molar-refractivity contribution is 5.97. The number of hydrogen-bond donors (Lipinski definition) is 4. The van der Waals surface area contributed by atoms with Crippen LogP contribution in [0.4, 0.5) is 5.69 Å². The first-order valence-corrected chi connectivity index (χ1v) is 9.18. The lowest BCUT2D eigenvalue weighted by atomic mass is 10.0. The predicted octanol–water partition coefficient (Wildman–Crippen LogP) is 0.162. The molecule has 0 aromatic heterocycles. The summed E-state index contributed by atoms with van der Waals surface area (Å²) in [5.41, 5.74) is 6.31. The van der Waals surface area contributed by atoms with Crippen LogP contribution >= 0.6 is 0 Å². The molecule has 2 atom stereocenters. The topological polar surface area (TPSA) is 140 Å². The third-order valence-electron chi connectivity index (χ3n) is 4.45. The van der Waals surface area contributed by atoms with Gasteiger partial charge in [-0.2, -0.15) is 0 Å². The highest BCUT2D eigenvalue weighted by Crippen LogP contribution is 2.19. The maximum Gasteiger partial charge on any atom is 0.306 e. The van der Waals surface area contributed by atoms with E-state index in [9.17, 15) is 19.2 Å². The van der Waals surface area contributed by atoms with Gasteiger partial charge in [-0.15, -0.1) is 0 Å². The normalized spacial score (nSPS) is 18.3. The summed E-state index contributed by atoms with van der Waals surface area (Å²) in [5, 5.41) is 8.26. The highest BCUT2D eigenvalue weighted by Gasteiger charge is 2.33. The molecule has 1 aromatic rings. The molecule has 0 unspecified atom stereocenters. The summed E-state index contributed by atoms with van der Waals surface area (Å²) in [6.07, 6.45) is 1.39. The fourth-order valence-electron chi connectivity index (χ4n) is 2.97. The van der Waals surface area contributed by atoms with Gasteiger partial charge in [-0.25, -0.2) is 0 Å². The van der Waals surface area contributed by atoms with E-state index >= 15 is 0 Å². The van der Waals surface area contributed by atoms with E-state index in [1.54, 1.807) is 24.3 Å². The molecule has 5 N–H and O–H groups in total. The van der Waals surface area contributed by atoms with Gasteiger partial charge in [-0.1, -0.05) is 6.07 Å². The van der Waals surface area contributed by atoms with Gasteiger partial charge in [0.15, 0.2) is 0 Å². The first-order chi connectivity index (χ1) is 13.4. The van der Waals surface area contributed by atoms with Crippen LogP contribution in [-0.2, 0) is 19.1 Å². The fraction of sp³-hybridized carbons (Fsp3) is 0.474. The second-order valence-corrected chi connectivity index (χ2v) is 6.65. The smallest absolute Gasteiger partial charge is 0.306 e. The Morgan fingerprint density at radius 3 is 2.82 bits per heavy atom. The number of rotatable bonds is 9. The molecular weight excluding hydrogens is 364 g/mol. The van der Waals surface area contributed by atoms with Gasteiger partial charge in [0, 0.05) is 30.3 Å². The molecule has 3 amide bonds. The minimum absolute atomic E-state index is 0.0265. The number of nitrogens with one attached hydrogen (secondary N) is 3. The van der Waals surface area contributed by atoms with E-state index in [4.69, 9.17) is 5.73 Å². The molecule has 1 saturated heterocycles. The molecule has 2 rings (SSSR count). The molecule has 9 heteroatoms. The zero-order valence-electron chi connectivity index (χ0n) is 15.8. The minimum atomic E-state index is -0.443. The lowest BCUT2D eigenvalue weighted by molar-refractivity contribution is -0.143. The highest BCUT2D eigenvalue weighted by atomic mass is 16.5. The number of carbonyl (C=O) groups is 4. The first-order valence-electron chi connectivity index (χ1n) is 9.18. The quantitative estimate of drug-likeness (QED) is 0.443. The van der Waals surface area contributed by atoms with E-state index in [1.807, 2.05) is 0 Å². The molecule has 0 saturated carbocycles. The second kappa shape index (κ2) is 10.4. The molecule has 9 nitrogen and oxygen atoms in total. The number of benzene rings is 1. The summed E-state index contributed by atoms with van der Waals surface area (Å²) in [6, 6.07) is 6.36. The van der Waals surface area contributed by atoms with E-state index in [0.717, 1.165) is 0 Å². The molecule has 0 aliphatic carbocycles. The van der Waals surface area contributed by atoms with Crippen LogP contribution in [-0.4, -0.2) is 49.9 Å². The number of nitrogens with two attached hydrogens (primary N) is 1. The number of methoxy groups -OCH3 is 1. The lowest BCUT2D eigenvalue weighted by Gasteiger charge is -2.12. The zero-order chi connectivity index (χ0) is 20.5. The van der Waals surface area contributed by atoms with Crippen LogP contribution in [0.15, 0.2) is 24.3 Å². The van der Waals surface area contributed by atoms with Crippen LogP contribution < -0.4 is 21.7 Å². The maximum absolute atomic E-state index is 12.4. The molecule has 28 heavy (non-hydrogen) atoms. The maximum atomic E-state index is 12.4. The van der Waals surface area contributed by atoms with Gasteiger partial charge in [0.25, 0.3) is 5.91 Å². The van der Waals surface area contributed by atoms with Crippen LogP contribution in [0.25, 0.3) is 0 Å². The molecule has 1 aliphatic rings. The van der Waals surface area contributed by atoms with Crippen molar-refractivity contribution in [1.29, 1.82) is 0 Å². The van der Waals surface area contributed by atoms with Gasteiger partial charge in [0.2, 0.25) is 11.8 Å². The van der Waals surface area contributed by atoms with E-state index < -0.39 is 11.9 Å². The molecule has 1 aromatic carbocycles. The number of amides is 3. The Labute approximate surface area is 163 Å². The van der Waals surface area contributed by atoms with Gasteiger partial charge >= 0.3 is 5.97 Å². The van der Waals surface area contributed by atoms with E-state index in [0.29, 0.717) is 37.1 Å². The Kier molecular flexibility index (Phi) is 7.94. The molecule has 152 valence electrons. The minimum Gasteiger partial charge on any atom is -0.469 e. The molecule has 0 radical (unpaired) electrons. The van der Waals surface area contributed by atoms with Crippen molar-refractivity contribution in [3.63, 3.8) is 0 Å². The SMILES string of the molecule is COC(=O)C[C@@H]1C[C@@H](CNC(=O)c2cccc(NC(=O)CCCN)c2)NC1=O. The van der Waals surface area contributed by atoms with Crippen molar-refractivity contribution in [2.45, 2.75) is 31.7 Å². The number of ether oxygens (including phenoxy) is 1. The largest absolute Gasteiger partial charge is 0.469 e. The van der Waals surface area contributed by atoms with Crippen LogP contribution in [0.3, 0.4) is 0 Å². The number of anilines is 1. The van der Waals surface area contributed by atoms with Crippen LogP contribution in [0, 0.1) is 5.92 Å². The van der Waals surface area contributed by atoms with Crippen LogP contribution in [0.2, 0.25) is 0 Å². The zero-order valence-corrected chi connectivity index (χ0v) is 15.8. The molecule has 1 fully saturated rings. The average Bonchev–Trinajstić information content (AvgIpc) is 3.03. The third-order valence-corrected chi connectivity index (χ3v) is 4.45. The summed E-state index contributed by atoms with van der Waals surface area (Å²) in [6.45, 7) is 0.684. The third kappa shape index (κ3) is 6.34. The van der Waals surface area contributed by atoms with E-state index in [1.165, 1.54) is 7.11 Å². The molecule has 0 bridgehead atoms. The Morgan fingerprint density at radius 2 is 2.11 bits per heavy atom. The average molecular weight is 390 g/mol. The van der Waals surface area contributed by atoms with Crippen molar-refractivity contribution < 1.29 is 23.9 Å². The van der Waals surface area contributed by atoms with Gasteiger partial charge in [0.05, 0.1) is 19.4 Å². The Hall–Kier alpha value is -2.94. The Balaban J connectivity index is 1.85. The van der Waals surface area contributed by atoms with Crippen molar-refractivity contribution in [1.82, 2.24) is 10.6 Å². The molecule has 1 heterocycles. The van der Waals surface area contributed by atoms with Crippen molar-refractivity contribution in [2.24, 2.45) is 11.7 Å². The molecule has 1 aliphatic heterocycles. The monoisotopic (exact) mass is 390 g/mol. The first kappa shape index (κ1) is 21.4. The molecule has 0 spiro atoms. The van der Waals surface area contributed by atoms with E-state index in [2.05, 4.69) is 20.7 Å². The van der Waals surface area contributed by atoms with Crippen molar-refractivity contribution >= 4 is 29.4 Å². The summed E-state index contributed by atoms with van der Waals surface area (Å²) >= 11 is 0. The van der Waals surface area contributed by atoms with Gasteiger partial charge in [-0.3, -0.25) is 19.2 Å². The van der Waals surface area contributed by atoms with Crippen LogP contribution in [0.1, 0.15) is 36.0 Å². The number of carbonyl (C=O) groups excluding carboxylic acids is 4. The Bertz CT molecular complexity index is 737. The van der Waals surface area contributed by atoms with Gasteiger partial charge < -0.3 is 26.4 Å². The van der Waals surface area contributed by atoms with Crippen molar-refractivity contribution in [2.75, 3.05) is 25.5 Å². The van der Waals surface area contributed by atoms with Gasteiger partial charge in [-0.05, 0) is 37.6 Å². The van der Waals surface area contributed by atoms with Crippen LogP contribution in [0.5, 0.6) is 0 Å². The van der Waals surface area contributed by atoms with E-state index in [-0.39, 0.29) is 36.7 Å². The Morgan fingerprint density at radius 1 is 1.32 bits per heavy atom. The van der Waals surface area contributed by atoms with Gasteiger partial charge in [0.1, 0.15) is 0 Å². The predicted molar refractivity (Wildman–Crippen MR) is 102 cm³/mol. The number of esters is 1. The summed E-state index contributed by atoms with van der Waals surface area (Å²) in [7, 11) is 1.28. The van der Waals surface area contributed by atoms with Crippen molar-refractivity contribution in [3.05, 3.63) is 29.8 Å². The second-order valence-electron chi connectivity index (χ2n) is 6.65.